The number of nitrogens with one attached hydrogen (secondary N) is 1. The zero-order valence-electron chi connectivity index (χ0n) is 18.2. The van der Waals surface area contributed by atoms with E-state index in [2.05, 4.69) is 10.3 Å². The molecule has 1 saturated heterocycles. The van der Waals surface area contributed by atoms with Crippen molar-refractivity contribution in [1.29, 1.82) is 0 Å². The van der Waals surface area contributed by atoms with Crippen LogP contribution in [0, 0.1) is 5.82 Å². The molecule has 3 heterocycles. The lowest BCUT2D eigenvalue weighted by Crippen LogP contribution is -2.63. The van der Waals surface area contributed by atoms with Gasteiger partial charge in [0.15, 0.2) is 15.7 Å². The van der Waals surface area contributed by atoms with E-state index in [0.29, 0.717) is 23.4 Å². The fourth-order valence-corrected chi connectivity index (χ4v) is 6.27. The van der Waals surface area contributed by atoms with Crippen LogP contribution in [0.5, 0.6) is 5.88 Å². The van der Waals surface area contributed by atoms with Gasteiger partial charge in [0.25, 0.3) is 5.91 Å². The Morgan fingerprint density at radius 3 is 2.53 bits per heavy atom. The highest BCUT2D eigenvalue weighted by Gasteiger charge is 2.47. The molecular formula is C22H24FN3O5S. The summed E-state index contributed by atoms with van der Waals surface area (Å²) in [5, 5.41) is 2.77. The number of aromatic nitrogens is 1. The number of hydrogen-bond donors (Lipinski definition) is 1. The molecule has 1 N–H and O–H groups in total. The van der Waals surface area contributed by atoms with Gasteiger partial charge in [-0.2, -0.15) is 0 Å². The molecule has 10 heteroatoms. The zero-order chi connectivity index (χ0) is 23.5. The van der Waals surface area contributed by atoms with E-state index in [1.54, 1.807) is 39.8 Å². The van der Waals surface area contributed by atoms with Gasteiger partial charge in [-0.15, -0.1) is 0 Å². The van der Waals surface area contributed by atoms with Crippen LogP contribution >= 0.6 is 0 Å². The molecule has 0 saturated carbocycles. The van der Waals surface area contributed by atoms with Crippen molar-refractivity contribution >= 4 is 33.0 Å². The zero-order valence-corrected chi connectivity index (χ0v) is 19.0. The Labute approximate surface area is 185 Å². The van der Waals surface area contributed by atoms with Crippen molar-refractivity contribution in [3.63, 3.8) is 0 Å². The Hall–Kier alpha value is -3.01. The first-order valence-electron chi connectivity index (χ1n) is 10.2. The van der Waals surface area contributed by atoms with Gasteiger partial charge in [-0.3, -0.25) is 14.5 Å². The number of ether oxygens (including phenoxy) is 1. The first-order chi connectivity index (χ1) is 14.9. The second kappa shape index (κ2) is 7.26. The summed E-state index contributed by atoms with van der Waals surface area (Å²) >= 11 is 0. The lowest BCUT2D eigenvalue weighted by molar-refractivity contribution is -0.121. The van der Waals surface area contributed by atoms with E-state index >= 15 is 0 Å². The molecule has 170 valence electrons. The van der Waals surface area contributed by atoms with Crippen molar-refractivity contribution in [3.05, 3.63) is 47.4 Å². The van der Waals surface area contributed by atoms with Gasteiger partial charge in [-0.1, -0.05) is 0 Å². The number of hydrogen-bond acceptors (Lipinski definition) is 6. The summed E-state index contributed by atoms with van der Waals surface area (Å²) in [4.78, 5) is 31.2. The molecule has 8 nitrogen and oxygen atoms in total. The lowest BCUT2D eigenvalue weighted by Gasteiger charge is -2.38. The molecule has 0 aliphatic carbocycles. The Bertz CT molecular complexity index is 1230. The summed E-state index contributed by atoms with van der Waals surface area (Å²) in [6.07, 6.45) is 1.01. The van der Waals surface area contributed by atoms with Crippen LogP contribution in [0.25, 0.3) is 0 Å². The monoisotopic (exact) mass is 461 g/mol. The minimum absolute atomic E-state index is 0.0182. The largest absolute Gasteiger partial charge is 0.478 e. The van der Waals surface area contributed by atoms with E-state index in [4.69, 9.17) is 4.74 Å². The van der Waals surface area contributed by atoms with Crippen molar-refractivity contribution in [2.75, 3.05) is 23.0 Å². The number of benzene rings is 1. The third kappa shape index (κ3) is 3.62. The summed E-state index contributed by atoms with van der Waals surface area (Å²) in [5.74, 6) is -1.49. The third-order valence-corrected chi connectivity index (χ3v) is 7.90. The Kier molecular flexibility index (Phi) is 5.04. The van der Waals surface area contributed by atoms with Crippen molar-refractivity contribution in [3.8, 4) is 5.88 Å². The molecule has 2 aliphatic rings. The molecule has 2 amide bonds. The molecule has 2 aliphatic heterocycles. The maximum absolute atomic E-state index is 14.7. The molecule has 0 atom stereocenters. The average molecular weight is 462 g/mol. The van der Waals surface area contributed by atoms with Gasteiger partial charge in [-0.25, -0.2) is 17.8 Å². The van der Waals surface area contributed by atoms with Crippen molar-refractivity contribution in [2.45, 2.75) is 38.6 Å². The Morgan fingerprint density at radius 2 is 1.91 bits per heavy atom. The third-order valence-electron chi connectivity index (χ3n) is 5.75. The molecule has 1 aromatic carbocycles. The number of fused-ring (bicyclic) bond motifs is 1. The molecule has 0 unspecified atom stereocenters. The second-order valence-electron chi connectivity index (χ2n) is 8.95. The minimum atomic E-state index is -3.12. The fourth-order valence-electron chi connectivity index (χ4n) is 4.27. The Balaban J connectivity index is 1.70. The van der Waals surface area contributed by atoms with Gasteiger partial charge >= 0.3 is 0 Å². The highest BCUT2D eigenvalue weighted by molar-refractivity contribution is 7.93. The molecule has 2 aromatic rings. The summed E-state index contributed by atoms with van der Waals surface area (Å²) in [6.45, 7) is 7.20. The van der Waals surface area contributed by atoms with Crippen LogP contribution < -0.4 is 15.0 Å². The van der Waals surface area contributed by atoms with Crippen molar-refractivity contribution < 1.29 is 27.1 Å². The highest BCUT2D eigenvalue weighted by Crippen LogP contribution is 2.46. The number of carbonyl (C=O) groups excluding carboxylic acids is 2. The molecule has 0 radical (unpaired) electrons. The molecule has 1 aromatic heterocycles. The number of nitrogens with zero attached hydrogens (tertiary/aromatic N) is 2. The van der Waals surface area contributed by atoms with E-state index in [9.17, 15) is 22.4 Å². The minimum Gasteiger partial charge on any atom is -0.478 e. The standard InChI is InChI=1S/C22H24FN3O5S/c1-5-31-18-9-17(15(23)10-24-18)26-16-7-6-13(8-14(16)21(2,3)20(26)28)19(27)25-22(4)11-32(29,30)12-22/h6-10H,5,11-12H2,1-4H3,(H,25,27). The van der Waals surface area contributed by atoms with Gasteiger partial charge in [0, 0.05) is 11.6 Å². The van der Waals surface area contributed by atoms with Gasteiger partial charge < -0.3 is 10.1 Å². The van der Waals surface area contributed by atoms with Crippen LogP contribution in [0.4, 0.5) is 15.8 Å². The number of carbonyl (C=O) groups is 2. The van der Waals surface area contributed by atoms with Gasteiger partial charge in [0.1, 0.15) is 0 Å². The molecular weight excluding hydrogens is 437 g/mol. The number of halogens is 1. The SMILES string of the molecule is CCOc1cc(N2C(=O)C(C)(C)c3cc(C(=O)NC4(C)CS(=O)(=O)C4)ccc32)c(F)cn1. The van der Waals surface area contributed by atoms with Crippen LogP contribution in [0.15, 0.2) is 30.5 Å². The van der Waals surface area contributed by atoms with E-state index in [1.807, 2.05) is 0 Å². The molecule has 1 fully saturated rings. The number of sulfone groups is 1. The van der Waals surface area contributed by atoms with Crippen LogP contribution in [-0.2, 0) is 20.0 Å². The number of rotatable bonds is 5. The van der Waals surface area contributed by atoms with Crippen molar-refractivity contribution in [2.24, 2.45) is 0 Å². The predicted molar refractivity (Wildman–Crippen MR) is 117 cm³/mol. The normalized spacial score (nSPS) is 19.8. The van der Waals surface area contributed by atoms with Gasteiger partial charge in [0.05, 0.1) is 46.6 Å². The summed E-state index contributed by atoms with van der Waals surface area (Å²) in [6, 6.07) is 6.11. The first kappa shape index (κ1) is 22.2. The van der Waals surface area contributed by atoms with Crippen molar-refractivity contribution in [1.82, 2.24) is 10.3 Å². The van der Waals surface area contributed by atoms with E-state index < -0.39 is 32.5 Å². The van der Waals surface area contributed by atoms with Crippen LogP contribution in [-0.4, -0.2) is 48.9 Å². The van der Waals surface area contributed by atoms with Gasteiger partial charge in [-0.05, 0) is 51.5 Å². The maximum atomic E-state index is 14.7. The van der Waals surface area contributed by atoms with Crippen LogP contribution in [0.1, 0.15) is 43.6 Å². The topological polar surface area (TPSA) is 106 Å². The Morgan fingerprint density at radius 1 is 1.22 bits per heavy atom. The van der Waals surface area contributed by atoms with Crippen LogP contribution in [0.3, 0.4) is 0 Å². The quantitative estimate of drug-likeness (QED) is 0.734. The highest BCUT2D eigenvalue weighted by atomic mass is 32.2. The average Bonchev–Trinajstić information content (AvgIpc) is 2.87. The smallest absolute Gasteiger partial charge is 0.251 e. The fraction of sp³-hybridized carbons (Fsp3) is 0.409. The summed E-state index contributed by atoms with van der Waals surface area (Å²) in [7, 11) is -3.12. The molecule has 0 bridgehead atoms. The number of anilines is 2. The lowest BCUT2D eigenvalue weighted by atomic mass is 9.85. The van der Waals surface area contributed by atoms with E-state index in [0.717, 1.165) is 6.20 Å². The molecule has 32 heavy (non-hydrogen) atoms. The van der Waals surface area contributed by atoms with E-state index in [1.165, 1.54) is 17.0 Å². The first-order valence-corrected chi connectivity index (χ1v) is 12.0. The molecule has 4 rings (SSSR count). The van der Waals surface area contributed by atoms with Crippen LogP contribution in [0.2, 0.25) is 0 Å². The maximum Gasteiger partial charge on any atom is 0.251 e. The second-order valence-corrected chi connectivity index (χ2v) is 11.0. The summed E-state index contributed by atoms with van der Waals surface area (Å²) < 4.78 is 43.0. The van der Waals surface area contributed by atoms with E-state index in [-0.39, 0.29) is 29.0 Å². The number of amides is 2. The molecule has 0 spiro atoms. The predicted octanol–water partition coefficient (Wildman–Crippen LogP) is 2.49. The number of pyridine rings is 1. The van der Waals surface area contributed by atoms with Gasteiger partial charge in [0.2, 0.25) is 11.8 Å². The summed E-state index contributed by atoms with van der Waals surface area (Å²) in [5.41, 5.74) is -0.497.